The summed E-state index contributed by atoms with van der Waals surface area (Å²) in [7, 11) is 1.58. The largest absolute Gasteiger partial charge is 0.397 e. The van der Waals surface area contributed by atoms with Crippen LogP contribution in [0.3, 0.4) is 0 Å². The highest BCUT2D eigenvalue weighted by Gasteiger charge is 2.12. The third kappa shape index (κ3) is 6.46. The number of alkyl halides is 2. The molecule has 0 unspecified atom stereocenters. The lowest BCUT2D eigenvalue weighted by atomic mass is 10.2. The molecule has 0 aliphatic heterocycles. The monoisotopic (exact) mass is 339 g/mol. The Morgan fingerprint density at radius 2 is 2.10 bits per heavy atom. The van der Waals surface area contributed by atoms with Crippen LogP contribution < -0.4 is 11.1 Å². The summed E-state index contributed by atoms with van der Waals surface area (Å²) >= 11 is 11.7. The molecular formula is C13H17Cl2F2N3O. The molecule has 0 aromatic heterocycles. The number of nitrogen functional groups attached to an aromatic ring is 1. The molecular weight excluding hydrogens is 323 g/mol. The molecule has 118 valence electrons. The highest BCUT2D eigenvalue weighted by atomic mass is 35.5. The Labute approximate surface area is 132 Å². The zero-order chi connectivity index (χ0) is 16.0. The molecule has 0 bridgehead atoms. The molecule has 4 nitrogen and oxygen atoms in total. The lowest BCUT2D eigenvalue weighted by molar-refractivity contribution is -0.116. The summed E-state index contributed by atoms with van der Waals surface area (Å²) in [6.45, 7) is 0.0964. The number of hydrogen-bond acceptors (Lipinski definition) is 3. The molecule has 0 atom stereocenters. The smallest absolute Gasteiger partial charge is 0.251 e. The second kappa shape index (κ2) is 8.36. The van der Waals surface area contributed by atoms with Crippen LogP contribution in [0.25, 0.3) is 0 Å². The van der Waals surface area contributed by atoms with Crippen LogP contribution in [-0.4, -0.2) is 37.4 Å². The van der Waals surface area contributed by atoms with Crippen molar-refractivity contribution in [3.63, 3.8) is 0 Å². The van der Waals surface area contributed by atoms with Gasteiger partial charge in [-0.3, -0.25) is 4.79 Å². The number of amides is 1. The minimum absolute atomic E-state index is 0.186. The number of hydrogen-bond donors (Lipinski definition) is 2. The van der Waals surface area contributed by atoms with Crippen molar-refractivity contribution >= 4 is 40.5 Å². The van der Waals surface area contributed by atoms with Gasteiger partial charge < -0.3 is 16.0 Å². The molecule has 1 aromatic carbocycles. The first-order valence-electron chi connectivity index (χ1n) is 6.30. The van der Waals surface area contributed by atoms with E-state index < -0.39 is 6.43 Å². The number of carbonyl (C=O) groups excluding carboxylic acids is 1. The van der Waals surface area contributed by atoms with Gasteiger partial charge in [-0.25, -0.2) is 8.78 Å². The Hall–Kier alpha value is -1.11. The van der Waals surface area contributed by atoms with Crippen LogP contribution in [0, 0.1) is 0 Å². The molecule has 0 saturated carbocycles. The van der Waals surface area contributed by atoms with Gasteiger partial charge in [-0.1, -0.05) is 23.2 Å². The van der Waals surface area contributed by atoms with Crippen LogP contribution in [-0.2, 0) is 4.79 Å². The molecule has 0 heterocycles. The summed E-state index contributed by atoms with van der Waals surface area (Å²) in [5, 5.41) is 3.23. The van der Waals surface area contributed by atoms with Gasteiger partial charge in [0.1, 0.15) is 0 Å². The van der Waals surface area contributed by atoms with Gasteiger partial charge in [0.2, 0.25) is 5.91 Å². The van der Waals surface area contributed by atoms with Crippen LogP contribution in [0.2, 0.25) is 10.0 Å². The lowest BCUT2D eigenvalue weighted by Crippen LogP contribution is -2.26. The van der Waals surface area contributed by atoms with Crippen molar-refractivity contribution in [2.75, 3.05) is 31.2 Å². The number of nitrogens with one attached hydrogen (secondary N) is 1. The molecule has 0 aliphatic carbocycles. The summed E-state index contributed by atoms with van der Waals surface area (Å²) in [6, 6.07) is 2.96. The first-order valence-corrected chi connectivity index (χ1v) is 7.06. The van der Waals surface area contributed by atoms with Crippen LogP contribution >= 0.6 is 23.2 Å². The van der Waals surface area contributed by atoms with E-state index in [0.717, 1.165) is 0 Å². The van der Waals surface area contributed by atoms with Gasteiger partial charge in [-0.15, -0.1) is 0 Å². The minimum atomic E-state index is -2.38. The van der Waals surface area contributed by atoms with Gasteiger partial charge in [0.05, 0.1) is 22.9 Å². The molecule has 0 spiro atoms. The summed E-state index contributed by atoms with van der Waals surface area (Å²) in [4.78, 5) is 13.3. The number of benzene rings is 1. The Morgan fingerprint density at radius 3 is 2.67 bits per heavy atom. The summed E-state index contributed by atoms with van der Waals surface area (Å²) in [5.74, 6) is -0.281. The maximum absolute atomic E-state index is 12.1. The van der Waals surface area contributed by atoms with Crippen LogP contribution in [0.15, 0.2) is 12.1 Å². The number of nitrogens with zero attached hydrogens (tertiary/aromatic N) is 1. The van der Waals surface area contributed by atoms with E-state index in [-0.39, 0.29) is 29.6 Å². The molecule has 1 amide bonds. The van der Waals surface area contributed by atoms with Crippen LogP contribution in [0.5, 0.6) is 0 Å². The number of halogens is 4. The van der Waals surface area contributed by atoms with Crippen molar-refractivity contribution < 1.29 is 13.6 Å². The molecule has 0 radical (unpaired) electrons. The maximum atomic E-state index is 12.1. The second-order valence-electron chi connectivity index (χ2n) is 4.66. The fourth-order valence-electron chi connectivity index (χ4n) is 1.76. The van der Waals surface area contributed by atoms with Gasteiger partial charge in [-0.2, -0.15) is 0 Å². The fraction of sp³-hybridized carbons (Fsp3) is 0.462. The van der Waals surface area contributed by atoms with Gasteiger partial charge in [0.25, 0.3) is 6.43 Å². The van der Waals surface area contributed by atoms with Gasteiger partial charge in [0, 0.05) is 11.4 Å². The molecule has 0 saturated heterocycles. The number of anilines is 2. The predicted octanol–water partition coefficient (Wildman–Crippen LogP) is 3.49. The molecule has 0 aliphatic rings. The molecule has 3 N–H and O–H groups in total. The highest BCUT2D eigenvalue weighted by Crippen LogP contribution is 2.32. The Morgan fingerprint density at radius 1 is 1.43 bits per heavy atom. The van der Waals surface area contributed by atoms with Crippen molar-refractivity contribution in [2.24, 2.45) is 0 Å². The van der Waals surface area contributed by atoms with Crippen molar-refractivity contribution in [2.45, 2.75) is 19.3 Å². The normalized spacial score (nSPS) is 11.2. The average Bonchev–Trinajstić information content (AvgIpc) is 2.32. The van der Waals surface area contributed by atoms with Crippen LogP contribution in [0.1, 0.15) is 12.8 Å². The predicted molar refractivity (Wildman–Crippen MR) is 82.2 cm³/mol. The summed E-state index contributed by atoms with van der Waals surface area (Å²) in [5.41, 5.74) is 6.31. The van der Waals surface area contributed by atoms with Gasteiger partial charge >= 0.3 is 0 Å². The topological polar surface area (TPSA) is 58.4 Å². The minimum Gasteiger partial charge on any atom is -0.397 e. The van der Waals surface area contributed by atoms with E-state index in [1.807, 2.05) is 0 Å². The lowest BCUT2D eigenvalue weighted by Gasteiger charge is -2.15. The van der Waals surface area contributed by atoms with Crippen molar-refractivity contribution in [1.82, 2.24) is 4.90 Å². The van der Waals surface area contributed by atoms with E-state index in [2.05, 4.69) is 5.32 Å². The van der Waals surface area contributed by atoms with E-state index >= 15 is 0 Å². The third-order valence-electron chi connectivity index (χ3n) is 2.74. The molecule has 8 heteroatoms. The Kier molecular flexibility index (Phi) is 7.14. The van der Waals surface area contributed by atoms with Crippen molar-refractivity contribution in [3.05, 3.63) is 22.2 Å². The molecule has 1 aromatic rings. The number of carbonyl (C=O) groups is 1. The van der Waals surface area contributed by atoms with Gasteiger partial charge in [0.15, 0.2) is 0 Å². The Bertz CT molecular complexity index is 477. The molecule has 0 fully saturated rings. The Balaban J connectivity index is 2.44. The average molecular weight is 340 g/mol. The zero-order valence-corrected chi connectivity index (χ0v) is 13.0. The van der Waals surface area contributed by atoms with Crippen LogP contribution in [0.4, 0.5) is 20.2 Å². The zero-order valence-electron chi connectivity index (χ0n) is 11.5. The first kappa shape index (κ1) is 17.9. The van der Waals surface area contributed by atoms with E-state index in [1.54, 1.807) is 7.05 Å². The quantitative estimate of drug-likeness (QED) is 0.747. The highest BCUT2D eigenvalue weighted by molar-refractivity contribution is 6.37. The molecule has 21 heavy (non-hydrogen) atoms. The number of rotatable bonds is 7. The van der Waals surface area contributed by atoms with E-state index in [4.69, 9.17) is 28.9 Å². The second-order valence-corrected chi connectivity index (χ2v) is 5.50. The summed E-state index contributed by atoms with van der Waals surface area (Å²) < 4.78 is 24.2. The fourth-order valence-corrected chi connectivity index (χ4v) is 2.32. The number of nitrogens with two attached hydrogens (primary N) is 1. The SMILES string of the molecule is CN(CCCC(=O)Nc1c(N)cc(Cl)cc1Cl)CC(F)F. The van der Waals surface area contributed by atoms with E-state index in [0.29, 0.717) is 23.7 Å². The summed E-state index contributed by atoms with van der Waals surface area (Å²) in [6.07, 6.45) is -1.73. The van der Waals surface area contributed by atoms with E-state index in [9.17, 15) is 13.6 Å². The molecule has 1 rings (SSSR count). The maximum Gasteiger partial charge on any atom is 0.251 e. The van der Waals surface area contributed by atoms with Crippen molar-refractivity contribution in [1.29, 1.82) is 0 Å². The third-order valence-corrected chi connectivity index (χ3v) is 3.26. The standard InChI is InChI=1S/C13H17Cl2F2N3O/c1-20(7-11(16)17)4-2-3-12(21)19-13-9(15)5-8(14)6-10(13)18/h5-6,11H,2-4,7,18H2,1H3,(H,19,21). The van der Waals surface area contributed by atoms with Gasteiger partial charge in [-0.05, 0) is 32.1 Å². The van der Waals surface area contributed by atoms with E-state index in [1.165, 1.54) is 17.0 Å². The first-order chi connectivity index (χ1) is 9.79. The van der Waals surface area contributed by atoms with Crippen molar-refractivity contribution in [3.8, 4) is 0 Å².